The Bertz CT molecular complexity index is 645. The molecule has 1 heterocycles. The molecule has 2 nitrogen and oxygen atoms in total. The zero-order chi connectivity index (χ0) is 14.9. The first kappa shape index (κ1) is 16.2. The van der Waals surface area contributed by atoms with E-state index >= 15 is 0 Å². The zero-order valence-corrected chi connectivity index (χ0v) is 15.6. The predicted octanol–water partition coefficient (Wildman–Crippen LogP) is 6.17. The van der Waals surface area contributed by atoms with E-state index in [-0.39, 0.29) is 0 Å². The maximum absolute atomic E-state index is 6.19. The molecule has 0 bridgehead atoms. The lowest BCUT2D eigenvalue weighted by Gasteiger charge is -2.10. The van der Waals surface area contributed by atoms with Gasteiger partial charge in [-0.1, -0.05) is 37.0 Å². The van der Waals surface area contributed by atoms with Gasteiger partial charge < -0.3 is 0 Å². The van der Waals surface area contributed by atoms with Crippen molar-refractivity contribution in [1.82, 2.24) is 9.97 Å². The van der Waals surface area contributed by atoms with Gasteiger partial charge in [0.1, 0.15) is 5.15 Å². The Morgan fingerprint density at radius 1 is 1.15 bits per heavy atom. The summed E-state index contributed by atoms with van der Waals surface area (Å²) in [6.45, 7) is 4.28. The fraction of sp³-hybridized carbons (Fsp3) is 0.286. The minimum Gasteiger partial charge on any atom is -0.232 e. The van der Waals surface area contributed by atoms with Gasteiger partial charge in [0.2, 0.25) is 0 Å². The summed E-state index contributed by atoms with van der Waals surface area (Å²) in [6.07, 6.45) is 0.838. The van der Waals surface area contributed by atoms with Crippen molar-refractivity contribution in [3.05, 3.63) is 43.0 Å². The molecule has 6 heteroatoms. The van der Waals surface area contributed by atoms with Crippen molar-refractivity contribution in [2.45, 2.75) is 20.3 Å². The Morgan fingerprint density at radius 2 is 1.85 bits per heavy atom. The molecule has 0 N–H and O–H groups in total. The van der Waals surface area contributed by atoms with Crippen LogP contribution in [0.4, 0.5) is 0 Å². The van der Waals surface area contributed by atoms with Gasteiger partial charge in [-0.2, -0.15) is 0 Å². The van der Waals surface area contributed by atoms with Gasteiger partial charge in [0, 0.05) is 10.0 Å². The molecule has 2 rings (SSSR count). The molecule has 106 valence electrons. The van der Waals surface area contributed by atoms with Crippen LogP contribution in [-0.2, 0) is 6.42 Å². The van der Waals surface area contributed by atoms with E-state index in [0.29, 0.717) is 21.9 Å². The molecule has 0 amide bonds. The number of aromatic nitrogens is 2. The summed E-state index contributed by atoms with van der Waals surface area (Å²) in [5, 5.41) is 1.08. The molecule has 0 spiro atoms. The number of halogens is 4. The molecule has 0 aliphatic rings. The molecule has 0 atom stereocenters. The third-order valence-electron chi connectivity index (χ3n) is 2.66. The van der Waals surface area contributed by atoms with Crippen LogP contribution in [0.5, 0.6) is 0 Å². The summed E-state index contributed by atoms with van der Waals surface area (Å²) < 4.78 is 1.58. The quantitative estimate of drug-likeness (QED) is 0.535. The summed E-state index contributed by atoms with van der Waals surface area (Å²) in [7, 11) is 0. The fourth-order valence-corrected chi connectivity index (χ4v) is 2.77. The van der Waals surface area contributed by atoms with Gasteiger partial charge in [-0.25, -0.2) is 9.97 Å². The molecule has 1 aromatic heterocycles. The monoisotopic (exact) mass is 436 g/mol. The molecular formula is C14H12Br2Cl2N2. The first-order valence-corrected chi connectivity index (χ1v) is 8.40. The van der Waals surface area contributed by atoms with Crippen molar-refractivity contribution in [3.63, 3.8) is 0 Å². The van der Waals surface area contributed by atoms with Crippen molar-refractivity contribution < 1.29 is 0 Å². The van der Waals surface area contributed by atoms with E-state index in [4.69, 9.17) is 23.2 Å². The number of nitrogens with zero attached hydrogens (tertiary/aromatic N) is 2. The normalized spacial score (nSPS) is 11.2. The van der Waals surface area contributed by atoms with Gasteiger partial charge in [-0.05, 0) is 62.4 Å². The average Bonchev–Trinajstić information content (AvgIpc) is 2.37. The first-order chi connectivity index (χ1) is 9.38. The smallest absolute Gasteiger partial charge is 0.161 e. The molecule has 0 radical (unpaired) electrons. The van der Waals surface area contributed by atoms with Crippen LogP contribution < -0.4 is 0 Å². The van der Waals surface area contributed by atoms with Gasteiger partial charge in [-0.3, -0.25) is 0 Å². The Balaban J connectivity index is 2.51. The van der Waals surface area contributed by atoms with Crippen LogP contribution >= 0.6 is 55.1 Å². The van der Waals surface area contributed by atoms with E-state index in [2.05, 4.69) is 55.7 Å². The first-order valence-electron chi connectivity index (χ1n) is 6.05. The summed E-state index contributed by atoms with van der Waals surface area (Å²) in [4.78, 5) is 8.93. The van der Waals surface area contributed by atoms with E-state index in [0.717, 1.165) is 26.6 Å². The molecular weight excluding hydrogens is 427 g/mol. The lowest BCUT2D eigenvalue weighted by molar-refractivity contribution is 0.632. The molecule has 2 aromatic rings. The number of rotatable bonds is 3. The molecule has 0 aliphatic carbocycles. The highest BCUT2D eigenvalue weighted by Gasteiger charge is 2.14. The molecule has 0 unspecified atom stereocenters. The van der Waals surface area contributed by atoms with Crippen molar-refractivity contribution in [2.24, 2.45) is 5.92 Å². The van der Waals surface area contributed by atoms with Gasteiger partial charge >= 0.3 is 0 Å². The molecule has 0 saturated heterocycles. The van der Waals surface area contributed by atoms with E-state index in [1.54, 1.807) is 0 Å². The highest BCUT2D eigenvalue weighted by Crippen LogP contribution is 2.31. The zero-order valence-electron chi connectivity index (χ0n) is 10.9. The highest BCUT2D eigenvalue weighted by molar-refractivity contribution is 9.11. The van der Waals surface area contributed by atoms with Crippen LogP contribution in [0.1, 0.15) is 19.5 Å². The van der Waals surface area contributed by atoms with Gasteiger partial charge in [0.05, 0.1) is 15.2 Å². The van der Waals surface area contributed by atoms with E-state index in [1.807, 2.05) is 18.2 Å². The molecule has 0 fully saturated rings. The Morgan fingerprint density at radius 3 is 2.45 bits per heavy atom. The second-order valence-electron chi connectivity index (χ2n) is 4.83. The average molecular weight is 439 g/mol. The van der Waals surface area contributed by atoms with E-state index in [1.165, 1.54) is 0 Å². The fourth-order valence-electron chi connectivity index (χ4n) is 1.75. The number of hydrogen-bond donors (Lipinski definition) is 0. The van der Waals surface area contributed by atoms with Crippen LogP contribution in [0.15, 0.2) is 27.1 Å². The van der Waals surface area contributed by atoms with Crippen molar-refractivity contribution in [1.29, 1.82) is 0 Å². The Labute approximate surface area is 145 Å². The second-order valence-corrected chi connectivity index (χ2v) is 7.24. The predicted molar refractivity (Wildman–Crippen MR) is 91.4 cm³/mol. The van der Waals surface area contributed by atoms with Crippen LogP contribution in [0.25, 0.3) is 11.4 Å². The van der Waals surface area contributed by atoms with E-state index in [9.17, 15) is 0 Å². The Kier molecular flexibility index (Phi) is 5.46. The summed E-state index contributed by atoms with van der Waals surface area (Å²) in [5.41, 5.74) is 1.79. The minimum absolute atomic E-state index is 0.428. The molecule has 20 heavy (non-hydrogen) atoms. The Hall–Kier alpha value is -0.160. The van der Waals surface area contributed by atoms with Crippen molar-refractivity contribution in [2.75, 3.05) is 0 Å². The minimum atomic E-state index is 0.428. The second kappa shape index (κ2) is 6.73. The topological polar surface area (TPSA) is 25.8 Å². The summed E-state index contributed by atoms with van der Waals surface area (Å²) >= 11 is 19.1. The third-order valence-corrected chi connectivity index (χ3v) is 5.21. The van der Waals surface area contributed by atoms with Crippen LogP contribution in [0.3, 0.4) is 0 Å². The van der Waals surface area contributed by atoms with Crippen LogP contribution in [-0.4, -0.2) is 9.97 Å². The maximum Gasteiger partial charge on any atom is 0.161 e. The standard InChI is InChI=1S/C14H12Br2Cl2N2/c1-7(2)5-11-12(16)13(18)20-14(19-11)8-3-4-10(17)9(15)6-8/h3-4,6-7H,5H2,1-2H3. The number of hydrogen-bond acceptors (Lipinski definition) is 2. The molecule has 0 aliphatic heterocycles. The SMILES string of the molecule is CC(C)Cc1nc(-c2ccc(Cl)c(Br)c2)nc(Cl)c1Br. The molecule has 1 aromatic carbocycles. The van der Waals surface area contributed by atoms with Gasteiger partial charge in [-0.15, -0.1) is 0 Å². The largest absolute Gasteiger partial charge is 0.232 e. The van der Waals surface area contributed by atoms with E-state index < -0.39 is 0 Å². The van der Waals surface area contributed by atoms with Gasteiger partial charge in [0.15, 0.2) is 5.82 Å². The number of benzene rings is 1. The highest BCUT2D eigenvalue weighted by atomic mass is 79.9. The van der Waals surface area contributed by atoms with Crippen molar-refractivity contribution in [3.8, 4) is 11.4 Å². The summed E-state index contributed by atoms with van der Waals surface area (Å²) in [5.74, 6) is 1.09. The van der Waals surface area contributed by atoms with Crippen molar-refractivity contribution >= 4 is 55.1 Å². The molecule has 0 saturated carbocycles. The lowest BCUT2D eigenvalue weighted by Crippen LogP contribution is -2.02. The van der Waals surface area contributed by atoms with Crippen LogP contribution in [0, 0.1) is 5.92 Å². The lowest BCUT2D eigenvalue weighted by atomic mass is 10.1. The third kappa shape index (κ3) is 3.73. The van der Waals surface area contributed by atoms with Gasteiger partial charge in [0.25, 0.3) is 0 Å². The summed E-state index contributed by atoms with van der Waals surface area (Å²) in [6, 6.07) is 5.58. The van der Waals surface area contributed by atoms with Crippen LogP contribution in [0.2, 0.25) is 10.2 Å². The maximum atomic E-state index is 6.19.